The number of carbonyl (C=O) groups is 1. The average molecular weight is 361 g/mol. The second-order valence-electron chi connectivity index (χ2n) is 5.03. The third kappa shape index (κ3) is 3.73. The van der Waals surface area contributed by atoms with Crippen LogP contribution in [-0.2, 0) is 4.79 Å². The summed E-state index contributed by atoms with van der Waals surface area (Å²) in [7, 11) is 0. The van der Waals surface area contributed by atoms with E-state index in [1.807, 2.05) is 19.9 Å². The van der Waals surface area contributed by atoms with Gasteiger partial charge in [-0.25, -0.2) is 0 Å². The normalized spacial score (nSPS) is 17.8. The molecule has 1 unspecified atom stereocenters. The SMILES string of the molecule is Cc1cc(Br)c(NC(=O)C(C)N2CCNCC2)cc1Cl. The molecule has 1 atom stereocenters. The first kappa shape index (κ1) is 15.8. The molecular formula is C14H19BrClN3O. The van der Waals surface area contributed by atoms with Crippen molar-refractivity contribution in [2.75, 3.05) is 31.5 Å². The summed E-state index contributed by atoms with van der Waals surface area (Å²) >= 11 is 9.56. The van der Waals surface area contributed by atoms with Crippen molar-refractivity contribution in [1.29, 1.82) is 0 Å². The Morgan fingerprint density at radius 1 is 1.45 bits per heavy atom. The fraction of sp³-hybridized carbons (Fsp3) is 0.500. The van der Waals surface area contributed by atoms with Gasteiger partial charge in [-0.1, -0.05) is 11.6 Å². The molecule has 20 heavy (non-hydrogen) atoms. The van der Waals surface area contributed by atoms with E-state index >= 15 is 0 Å². The zero-order chi connectivity index (χ0) is 14.7. The van der Waals surface area contributed by atoms with Crippen molar-refractivity contribution < 1.29 is 4.79 Å². The number of halogens is 2. The Balaban J connectivity index is 2.05. The van der Waals surface area contributed by atoms with Crippen molar-refractivity contribution >= 4 is 39.1 Å². The molecule has 1 heterocycles. The van der Waals surface area contributed by atoms with Gasteiger partial charge in [0.05, 0.1) is 11.7 Å². The van der Waals surface area contributed by atoms with E-state index in [9.17, 15) is 4.79 Å². The Hall–Kier alpha value is -0.620. The Labute approximate surface area is 133 Å². The third-order valence-corrected chi connectivity index (χ3v) is 4.65. The van der Waals surface area contributed by atoms with Gasteiger partial charge in [0.15, 0.2) is 0 Å². The van der Waals surface area contributed by atoms with E-state index in [1.165, 1.54) is 0 Å². The van der Waals surface area contributed by atoms with Crippen molar-refractivity contribution in [1.82, 2.24) is 10.2 Å². The minimum absolute atomic E-state index is 0.00693. The molecule has 1 saturated heterocycles. The summed E-state index contributed by atoms with van der Waals surface area (Å²) in [6.45, 7) is 7.51. The van der Waals surface area contributed by atoms with E-state index in [0.29, 0.717) is 10.7 Å². The van der Waals surface area contributed by atoms with E-state index in [4.69, 9.17) is 11.6 Å². The molecule has 0 aliphatic carbocycles. The second kappa shape index (κ2) is 6.89. The van der Waals surface area contributed by atoms with Gasteiger partial charge >= 0.3 is 0 Å². The molecule has 0 bridgehead atoms. The highest BCUT2D eigenvalue weighted by atomic mass is 79.9. The minimum Gasteiger partial charge on any atom is -0.324 e. The lowest BCUT2D eigenvalue weighted by atomic mass is 10.2. The Kier molecular flexibility index (Phi) is 5.43. The van der Waals surface area contributed by atoms with Crippen LogP contribution < -0.4 is 10.6 Å². The lowest BCUT2D eigenvalue weighted by molar-refractivity contribution is -0.120. The van der Waals surface area contributed by atoms with Gasteiger partial charge < -0.3 is 10.6 Å². The van der Waals surface area contributed by atoms with Gasteiger partial charge in [0.1, 0.15) is 0 Å². The fourth-order valence-corrected chi connectivity index (χ4v) is 2.94. The van der Waals surface area contributed by atoms with Crippen LogP contribution in [0.4, 0.5) is 5.69 Å². The van der Waals surface area contributed by atoms with Crippen LogP contribution in [0.5, 0.6) is 0 Å². The highest BCUT2D eigenvalue weighted by Gasteiger charge is 2.23. The van der Waals surface area contributed by atoms with Crippen LogP contribution >= 0.6 is 27.5 Å². The molecule has 0 radical (unpaired) electrons. The quantitative estimate of drug-likeness (QED) is 0.871. The molecule has 6 heteroatoms. The molecule has 4 nitrogen and oxygen atoms in total. The van der Waals surface area contributed by atoms with E-state index in [1.54, 1.807) is 6.07 Å². The predicted molar refractivity (Wildman–Crippen MR) is 86.4 cm³/mol. The van der Waals surface area contributed by atoms with Crippen LogP contribution in [0.1, 0.15) is 12.5 Å². The fourth-order valence-electron chi connectivity index (χ4n) is 2.21. The second-order valence-corrected chi connectivity index (χ2v) is 6.29. The van der Waals surface area contributed by atoms with Crippen LogP contribution in [0.2, 0.25) is 5.02 Å². The number of nitrogens with one attached hydrogen (secondary N) is 2. The average Bonchev–Trinajstić information content (AvgIpc) is 2.44. The molecule has 110 valence electrons. The van der Waals surface area contributed by atoms with Gasteiger partial charge in [0.25, 0.3) is 0 Å². The molecule has 1 fully saturated rings. The molecule has 1 aliphatic rings. The standard InChI is InChI=1S/C14H19BrClN3O/c1-9-7-11(15)13(8-12(9)16)18-14(20)10(2)19-5-3-17-4-6-19/h7-8,10,17H,3-6H2,1-2H3,(H,18,20). The van der Waals surface area contributed by atoms with Gasteiger partial charge in [-0.2, -0.15) is 0 Å². The minimum atomic E-state index is -0.149. The van der Waals surface area contributed by atoms with Crippen LogP contribution in [0.25, 0.3) is 0 Å². The molecule has 1 aromatic carbocycles. The van der Waals surface area contributed by atoms with E-state index in [0.717, 1.165) is 36.2 Å². The summed E-state index contributed by atoms with van der Waals surface area (Å²) < 4.78 is 0.847. The number of amides is 1. The Morgan fingerprint density at radius 3 is 2.75 bits per heavy atom. The third-order valence-electron chi connectivity index (χ3n) is 3.58. The van der Waals surface area contributed by atoms with Crippen molar-refractivity contribution in [2.45, 2.75) is 19.9 Å². The smallest absolute Gasteiger partial charge is 0.241 e. The lowest BCUT2D eigenvalue weighted by Crippen LogP contribution is -2.51. The first-order chi connectivity index (χ1) is 9.49. The zero-order valence-electron chi connectivity index (χ0n) is 11.7. The van der Waals surface area contributed by atoms with Crippen molar-refractivity contribution in [3.05, 3.63) is 27.2 Å². The van der Waals surface area contributed by atoms with Gasteiger partial charge in [-0.3, -0.25) is 9.69 Å². The molecule has 2 rings (SSSR count). The van der Waals surface area contributed by atoms with E-state index < -0.39 is 0 Å². The van der Waals surface area contributed by atoms with Crippen molar-refractivity contribution in [2.24, 2.45) is 0 Å². The molecule has 1 amide bonds. The number of carbonyl (C=O) groups excluding carboxylic acids is 1. The molecule has 0 saturated carbocycles. The first-order valence-corrected chi connectivity index (χ1v) is 7.87. The number of piperazine rings is 1. The van der Waals surface area contributed by atoms with Gasteiger partial charge in [0.2, 0.25) is 5.91 Å². The number of nitrogens with zero attached hydrogens (tertiary/aromatic N) is 1. The molecule has 1 aromatic rings. The number of hydrogen-bond acceptors (Lipinski definition) is 3. The predicted octanol–water partition coefficient (Wildman–Crippen LogP) is 2.64. The summed E-state index contributed by atoms with van der Waals surface area (Å²) in [6.07, 6.45) is 0. The maximum atomic E-state index is 12.3. The van der Waals surface area contributed by atoms with Crippen molar-refractivity contribution in [3.63, 3.8) is 0 Å². The number of anilines is 1. The van der Waals surface area contributed by atoms with Crippen LogP contribution in [0.3, 0.4) is 0 Å². The number of benzene rings is 1. The maximum absolute atomic E-state index is 12.3. The number of hydrogen-bond donors (Lipinski definition) is 2. The van der Waals surface area contributed by atoms with Gasteiger partial charge in [-0.05, 0) is 47.5 Å². The van der Waals surface area contributed by atoms with Crippen LogP contribution in [0.15, 0.2) is 16.6 Å². The zero-order valence-corrected chi connectivity index (χ0v) is 14.0. The maximum Gasteiger partial charge on any atom is 0.241 e. The van der Waals surface area contributed by atoms with Crippen LogP contribution in [-0.4, -0.2) is 43.0 Å². The number of rotatable bonds is 3. The molecule has 0 spiro atoms. The molecular weight excluding hydrogens is 342 g/mol. The summed E-state index contributed by atoms with van der Waals surface area (Å²) in [6, 6.07) is 3.54. The summed E-state index contributed by atoms with van der Waals surface area (Å²) in [5.41, 5.74) is 1.69. The van der Waals surface area contributed by atoms with E-state index in [-0.39, 0.29) is 11.9 Å². The lowest BCUT2D eigenvalue weighted by Gasteiger charge is -2.31. The van der Waals surface area contributed by atoms with Gasteiger partial charge in [0, 0.05) is 35.7 Å². The monoisotopic (exact) mass is 359 g/mol. The van der Waals surface area contributed by atoms with Gasteiger partial charge in [-0.15, -0.1) is 0 Å². The van der Waals surface area contributed by atoms with E-state index in [2.05, 4.69) is 31.5 Å². The summed E-state index contributed by atoms with van der Waals surface area (Å²) in [5.74, 6) is -0.00693. The van der Waals surface area contributed by atoms with Crippen molar-refractivity contribution in [3.8, 4) is 0 Å². The molecule has 0 aromatic heterocycles. The first-order valence-electron chi connectivity index (χ1n) is 6.70. The topological polar surface area (TPSA) is 44.4 Å². The molecule has 2 N–H and O–H groups in total. The summed E-state index contributed by atoms with van der Waals surface area (Å²) in [4.78, 5) is 14.5. The highest BCUT2D eigenvalue weighted by molar-refractivity contribution is 9.10. The largest absolute Gasteiger partial charge is 0.324 e. The summed E-state index contributed by atoms with van der Waals surface area (Å²) in [5, 5.41) is 6.88. The molecule has 1 aliphatic heterocycles. The highest BCUT2D eigenvalue weighted by Crippen LogP contribution is 2.29. The van der Waals surface area contributed by atoms with Crippen LogP contribution in [0, 0.1) is 6.92 Å². The Bertz CT molecular complexity index is 503. The number of aryl methyl sites for hydroxylation is 1. The Morgan fingerprint density at radius 2 is 2.10 bits per heavy atom.